The van der Waals surface area contributed by atoms with Crippen molar-refractivity contribution in [3.63, 3.8) is 0 Å². The fourth-order valence-electron chi connectivity index (χ4n) is 6.28. The molecule has 0 aliphatic heterocycles. The number of hydrogen-bond acceptors (Lipinski definition) is 2. The van der Waals surface area contributed by atoms with Gasteiger partial charge in [-0.1, -0.05) is 123 Å². The Balaban J connectivity index is 1.66. The summed E-state index contributed by atoms with van der Waals surface area (Å²) in [5.41, 5.74) is 10.4. The van der Waals surface area contributed by atoms with Gasteiger partial charge in [0.15, 0.2) is 0 Å². The Kier molecular flexibility index (Phi) is 5.88. The summed E-state index contributed by atoms with van der Waals surface area (Å²) in [5.74, 6) is 0.613. The highest BCUT2D eigenvalue weighted by Gasteiger charge is 2.46. The van der Waals surface area contributed by atoms with Crippen molar-refractivity contribution >= 4 is 0 Å². The summed E-state index contributed by atoms with van der Waals surface area (Å²) in [6.07, 6.45) is 0.641. The molecular formula is C37H34O2. The first-order valence-corrected chi connectivity index (χ1v) is 13.6. The van der Waals surface area contributed by atoms with Gasteiger partial charge in [0.05, 0.1) is 5.41 Å². The maximum Gasteiger partial charge on any atom is 0.119 e. The van der Waals surface area contributed by atoms with Gasteiger partial charge in [-0.15, -0.1) is 0 Å². The lowest BCUT2D eigenvalue weighted by atomic mass is 9.66. The molecule has 0 amide bonds. The van der Waals surface area contributed by atoms with Gasteiger partial charge in [0.25, 0.3) is 0 Å². The molecule has 0 atom stereocenters. The van der Waals surface area contributed by atoms with E-state index >= 15 is 0 Å². The second-order valence-corrected chi connectivity index (χ2v) is 11.8. The van der Waals surface area contributed by atoms with Gasteiger partial charge in [-0.25, -0.2) is 0 Å². The van der Waals surface area contributed by atoms with Crippen LogP contribution in [0.5, 0.6) is 11.5 Å². The Morgan fingerprint density at radius 2 is 1.15 bits per heavy atom. The highest BCUT2D eigenvalue weighted by atomic mass is 16.3. The van der Waals surface area contributed by atoms with Gasteiger partial charge in [0.1, 0.15) is 11.5 Å². The number of aryl methyl sites for hydroxylation is 1. The first-order chi connectivity index (χ1) is 18.7. The Morgan fingerprint density at radius 1 is 0.615 bits per heavy atom. The summed E-state index contributed by atoms with van der Waals surface area (Å²) < 4.78 is 0. The zero-order chi connectivity index (χ0) is 27.4. The zero-order valence-corrected chi connectivity index (χ0v) is 23.0. The summed E-state index contributed by atoms with van der Waals surface area (Å²) in [6.45, 7) is 8.49. The second kappa shape index (κ2) is 9.17. The van der Waals surface area contributed by atoms with Crippen LogP contribution >= 0.6 is 0 Å². The number of rotatable bonds is 4. The van der Waals surface area contributed by atoms with Crippen molar-refractivity contribution in [3.05, 3.63) is 154 Å². The van der Waals surface area contributed by atoms with E-state index in [0.717, 1.165) is 27.8 Å². The third kappa shape index (κ3) is 4.03. The molecule has 2 heteroatoms. The minimum absolute atomic E-state index is 0.232. The van der Waals surface area contributed by atoms with Crippen molar-refractivity contribution < 1.29 is 10.2 Å². The highest BCUT2D eigenvalue weighted by Crippen LogP contribution is 2.57. The van der Waals surface area contributed by atoms with Gasteiger partial charge in [0, 0.05) is 6.42 Å². The molecule has 1 aliphatic carbocycles. The molecule has 2 nitrogen and oxygen atoms in total. The summed E-state index contributed by atoms with van der Waals surface area (Å²) in [7, 11) is 0. The molecule has 0 fully saturated rings. The summed E-state index contributed by atoms with van der Waals surface area (Å²) in [4.78, 5) is 0. The van der Waals surface area contributed by atoms with E-state index in [2.05, 4.69) is 125 Å². The third-order valence-electron chi connectivity index (χ3n) is 8.22. The molecule has 0 spiro atoms. The number of fused-ring (bicyclic) bond motifs is 3. The monoisotopic (exact) mass is 510 g/mol. The van der Waals surface area contributed by atoms with Gasteiger partial charge >= 0.3 is 0 Å². The standard InChI is InChI=1S/C37H34O2/c1-24-13-15-25(16-14-24)21-26-22-27(17-19-34(26)38)37(28-18-20-35(39)33(23-28)36(2,3)4)31-11-7-5-9-29(31)30-10-6-8-12-32(30)37/h5-20,22-23,38-39H,21H2,1-4H3. The molecule has 0 heterocycles. The molecule has 1 aliphatic rings. The number of benzene rings is 5. The van der Waals surface area contributed by atoms with Crippen LogP contribution in [0.25, 0.3) is 11.1 Å². The van der Waals surface area contributed by atoms with Crippen LogP contribution in [-0.4, -0.2) is 10.2 Å². The number of aromatic hydroxyl groups is 2. The van der Waals surface area contributed by atoms with Crippen LogP contribution in [0.2, 0.25) is 0 Å². The highest BCUT2D eigenvalue weighted by molar-refractivity contribution is 5.86. The minimum Gasteiger partial charge on any atom is -0.508 e. The normalized spacial score (nSPS) is 13.6. The Labute approximate surface area is 231 Å². The van der Waals surface area contributed by atoms with Crippen LogP contribution < -0.4 is 0 Å². The largest absolute Gasteiger partial charge is 0.508 e. The fraction of sp³-hybridized carbons (Fsp3) is 0.189. The smallest absolute Gasteiger partial charge is 0.119 e. The maximum absolute atomic E-state index is 11.0. The minimum atomic E-state index is -0.601. The second-order valence-electron chi connectivity index (χ2n) is 11.8. The van der Waals surface area contributed by atoms with E-state index in [1.807, 2.05) is 12.1 Å². The Bertz CT molecular complexity index is 1640. The molecule has 2 N–H and O–H groups in total. The number of phenols is 2. The topological polar surface area (TPSA) is 40.5 Å². The zero-order valence-electron chi connectivity index (χ0n) is 23.0. The Hall–Kier alpha value is -4.30. The first kappa shape index (κ1) is 25.0. The van der Waals surface area contributed by atoms with E-state index in [1.165, 1.54) is 27.8 Å². The van der Waals surface area contributed by atoms with Gasteiger partial charge < -0.3 is 10.2 Å². The van der Waals surface area contributed by atoms with Crippen molar-refractivity contribution in [1.82, 2.24) is 0 Å². The average molecular weight is 511 g/mol. The summed E-state index contributed by atoms with van der Waals surface area (Å²) >= 11 is 0. The van der Waals surface area contributed by atoms with Gasteiger partial charge in [0.2, 0.25) is 0 Å². The van der Waals surface area contributed by atoms with Gasteiger partial charge in [-0.3, -0.25) is 0 Å². The molecule has 39 heavy (non-hydrogen) atoms. The van der Waals surface area contributed by atoms with E-state index in [4.69, 9.17) is 0 Å². The molecule has 0 saturated heterocycles. The van der Waals surface area contributed by atoms with Gasteiger partial charge in [-0.2, -0.15) is 0 Å². The predicted octanol–water partition coefficient (Wildman–Crippen LogP) is 8.66. The lowest BCUT2D eigenvalue weighted by Gasteiger charge is -2.35. The molecule has 5 aromatic carbocycles. The molecule has 5 aromatic rings. The van der Waals surface area contributed by atoms with E-state index in [1.54, 1.807) is 0 Å². The molecule has 6 rings (SSSR count). The summed E-state index contributed by atoms with van der Waals surface area (Å²) in [5, 5.41) is 21.9. The van der Waals surface area contributed by atoms with Gasteiger partial charge in [-0.05, 0) is 74.5 Å². The molecule has 0 unspecified atom stereocenters. The van der Waals surface area contributed by atoms with Crippen molar-refractivity contribution in [2.45, 2.75) is 44.9 Å². The maximum atomic E-state index is 11.0. The SMILES string of the molecule is Cc1ccc(Cc2cc(C3(c4ccc(O)c(C(C)(C)C)c4)c4ccccc4-c4ccccc43)ccc2O)cc1. The van der Waals surface area contributed by atoms with Crippen molar-refractivity contribution in [3.8, 4) is 22.6 Å². The summed E-state index contributed by atoms with van der Waals surface area (Å²) in [6, 6.07) is 38.0. The quantitative estimate of drug-likeness (QED) is 0.249. The first-order valence-electron chi connectivity index (χ1n) is 13.6. The van der Waals surface area contributed by atoms with Crippen molar-refractivity contribution in [2.24, 2.45) is 0 Å². The van der Waals surface area contributed by atoms with E-state index < -0.39 is 5.41 Å². The average Bonchev–Trinajstić information content (AvgIpc) is 3.22. The molecule has 0 aromatic heterocycles. The van der Waals surface area contributed by atoms with Crippen LogP contribution in [0.15, 0.2) is 109 Å². The van der Waals surface area contributed by atoms with Crippen LogP contribution in [0.3, 0.4) is 0 Å². The predicted molar refractivity (Wildman–Crippen MR) is 160 cm³/mol. The van der Waals surface area contributed by atoms with E-state index in [-0.39, 0.29) is 5.41 Å². The number of phenolic OH excluding ortho intramolecular Hbond substituents is 2. The van der Waals surface area contributed by atoms with Crippen molar-refractivity contribution in [1.29, 1.82) is 0 Å². The molecule has 194 valence electrons. The molecular weight excluding hydrogens is 476 g/mol. The molecule has 0 saturated carbocycles. The van der Waals surface area contributed by atoms with Crippen LogP contribution in [0.1, 0.15) is 65.3 Å². The molecule has 0 radical (unpaired) electrons. The van der Waals surface area contributed by atoms with E-state index in [0.29, 0.717) is 17.9 Å². The molecule has 0 bridgehead atoms. The van der Waals surface area contributed by atoms with Crippen LogP contribution in [0, 0.1) is 6.92 Å². The van der Waals surface area contributed by atoms with Crippen molar-refractivity contribution in [2.75, 3.05) is 0 Å². The third-order valence-corrected chi connectivity index (χ3v) is 8.22. The van der Waals surface area contributed by atoms with E-state index in [9.17, 15) is 10.2 Å². The lowest BCUT2D eigenvalue weighted by Crippen LogP contribution is -2.29. The lowest BCUT2D eigenvalue weighted by molar-refractivity contribution is 0.446. The number of hydrogen-bond donors (Lipinski definition) is 2. The Morgan fingerprint density at radius 3 is 1.74 bits per heavy atom. The van der Waals surface area contributed by atoms with Crippen LogP contribution in [-0.2, 0) is 17.3 Å². The van der Waals surface area contributed by atoms with Crippen LogP contribution in [0.4, 0.5) is 0 Å². The fourth-order valence-corrected chi connectivity index (χ4v) is 6.28.